The van der Waals surface area contributed by atoms with Gasteiger partial charge in [-0.1, -0.05) is 49.2 Å². The van der Waals surface area contributed by atoms with E-state index in [1.54, 1.807) is 0 Å². The number of nitrogens with one attached hydrogen (secondary N) is 1. The molecular weight excluding hydrogens is 258 g/mol. The van der Waals surface area contributed by atoms with Crippen LogP contribution in [-0.2, 0) is 0 Å². The quantitative estimate of drug-likeness (QED) is 0.833. The molecule has 0 spiro atoms. The Morgan fingerprint density at radius 2 is 1.86 bits per heavy atom. The molecule has 0 amide bonds. The van der Waals surface area contributed by atoms with E-state index in [1.807, 2.05) is 0 Å². The summed E-state index contributed by atoms with van der Waals surface area (Å²) in [5.74, 6) is 0.362. The molecule has 0 aromatic heterocycles. The minimum Gasteiger partial charge on any atom is -0.389 e. The first-order valence-electron chi connectivity index (χ1n) is 8.21. The first-order chi connectivity index (χ1) is 10.3. The maximum atomic E-state index is 11.0. The maximum absolute atomic E-state index is 11.0. The lowest BCUT2D eigenvalue weighted by Gasteiger charge is -2.48. The van der Waals surface area contributed by atoms with Crippen LogP contribution in [0.4, 0.5) is 0 Å². The van der Waals surface area contributed by atoms with Crippen LogP contribution >= 0.6 is 0 Å². The van der Waals surface area contributed by atoms with Gasteiger partial charge < -0.3 is 10.4 Å². The Hall–Kier alpha value is -1.38. The van der Waals surface area contributed by atoms with Crippen LogP contribution in [0.15, 0.2) is 42.5 Å². The molecule has 3 atom stereocenters. The molecule has 21 heavy (non-hydrogen) atoms. The van der Waals surface area contributed by atoms with Crippen LogP contribution in [0.1, 0.15) is 43.7 Å². The van der Waals surface area contributed by atoms with Gasteiger partial charge in [-0.2, -0.15) is 0 Å². The molecule has 2 N–H and O–H groups in total. The van der Waals surface area contributed by atoms with Crippen molar-refractivity contribution in [3.63, 3.8) is 0 Å². The van der Waals surface area contributed by atoms with E-state index in [0.717, 1.165) is 25.8 Å². The second-order valence-electron chi connectivity index (χ2n) is 6.74. The van der Waals surface area contributed by atoms with Crippen LogP contribution < -0.4 is 5.32 Å². The topological polar surface area (TPSA) is 32.3 Å². The molecule has 110 valence electrons. The summed E-state index contributed by atoms with van der Waals surface area (Å²) in [7, 11) is 0. The fourth-order valence-electron chi connectivity index (χ4n) is 4.37. The predicted molar refractivity (Wildman–Crippen MR) is 86.2 cm³/mol. The molecule has 2 fully saturated rings. The molecular formula is C19H23NO. The number of fused-ring (bicyclic) bond motifs is 2. The van der Waals surface area contributed by atoms with Crippen molar-refractivity contribution in [3.05, 3.63) is 48.0 Å². The smallest absolute Gasteiger partial charge is 0.0706 e. The van der Waals surface area contributed by atoms with E-state index < -0.39 is 5.60 Å². The van der Waals surface area contributed by atoms with Crippen molar-refractivity contribution in [3.8, 4) is 0 Å². The third kappa shape index (κ3) is 2.27. The van der Waals surface area contributed by atoms with Crippen LogP contribution in [0, 0.1) is 5.92 Å². The molecule has 1 heterocycles. The number of benzene rings is 2. The van der Waals surface area contributed by atoms with Gasteiger partial charge in [-0.15, -0.1) is 0 Å². The highest BCUT2D eigenvalue weighted by atomic mass is 16.3. The van der Waals surface area contributed by atoms with Gasteiger partial charge in [-0.25, -0.2) is 0 Å². The zero-order valence-corrected chi connectivity index (χ0v) is 12.4. The number of rotatable bonds is 1. The molecule has 1 saturated carbocycles. The highest BCUT2D eigenvalue weighted by molar-refractivity contribution is 5.83. The van der Waals surface area contributed by atoms with Crippen LogP contribution in [0.25, 0.3) is 10.8 Å². The van der Waals surface area contributed by atoms with Gasteiger partial charge in [0, 0.05) is 12.0 Å². The lowest BCUT2D eigenvalue weighted by molar-refractivity contribution is -0.0861. The average Bonchev–Trinajstić information content (AvgIpc) is 2.53. The Morgan fingerprint density at radius 1 is 1.00 bits per heavy atom. The van der Waals surface area contributed by atoms with Gasteiger partial charge in [-0.05, 0) is 48.2 Å². The monoisotopic (exact) mass is 281 g/mol. The van der Waals surface area contributed by atoms with Crippen molar-refractivity contribution >= 4 is 10.8 Å². The molecule has 0 bridgehead atoms. The van der Waals surface area contributed by atoms with E-state index in [1.165, 1.54) is 29.2 Å². The van der Waals surface area contributed by atoms with E-state index in [0.29, 0.717) is 12.0 Å². The Morgan fingerprint density at radius 3 is 2.76 bits per heavy atom. The number of piperidine rings is 1. The summed E-state index contributed by atoms with van der Waals surface area (Å²) in [5.41, 5.74) is 0.888. The average molecular weight is 281 g/mol. The first-order valence-corrected chi connectivity index (χ1v) is 8.21. The summed E-state index contributed by atoms with van der Waals surface area (Å²) in [6.07, 6.45) is 5.45. The number of hydrogen-bond acceptors (Lipinski definition) is 2. The Kier molecular flexibility index (Phi) is 3.24. The third-order valence-electron chi connectivity index (χ3n) is 5.52. The molecule has 2 nitrogen and oxygen atoms in total. The van der Waals surface area contributed by atoms with Crippen molar-refractivity contribution in [2.24, 2.45) is 5.92 Å². The Balaban J connectivity index is 1.72. The SMILES string of the molecule is OC12CCCCC1C(c1ccc3ccccc3c1)NCC2. The largest absolute Gasteiger partial charge is 0.389 e. The molecule has 0 radical (unpaired) electrons. The fourth-order valence-corrected chi connectivity index (χ4v) is 4.37. The second-order valence-corrected chi connectivity index (χ2v) is 6.74. The predicted octanol–water partition coefficient (Wildman–Crippen LogP) is 3.80. The summed E-state index contributed by atoms with van der Waals surface area (Å²) >= 11 is 0. The van der Waals surface area contributed by atoms with Gasteiger partial charge in [0.05, 0.1) is 5.60 Å². The highest BCUT2D eigenvalue weighted by Crippen LogP contribution is 2.45. The van der Waals surface area contributed by atoms with Crippen LogP contribution in [0.2, 0.25) is 0 Å². The molecule has 3 unspecified atom stereocenters. The van der Waals surface area contributed by atoms with Crippen molar-refractivity contribution in [2.75, 3.05) is 6.54 Å². The molecule has 2 aliphatic rings. The van der Waals surface area contributed by atoms with Crippen molar-refractivity contribution in [2.45, 2.75) is 43.7 Å². The minimum absolute atomic E-state index is 0.300. The van der Waals surface area contributed by atoms with Gasteiger partial charge in [0.15, 0.2) is 0 Å². The van der Waals surface area contributed by atoms with E-state index in [9.17, 15) is 5.11 Å². The van der Waals surface area contributed by atoms with Gasteiger partial charge >= 0.3 is 0 Å². The summed E-state index contributed by atoms with van der Waals surface area (Å²) in [5, 5.41) is 17.2. The zero-order chi connectivity index (χ0) is 14.3. The van der Waals surface area contributed by atoms with Crippen molar-refractivity contribution in [1.29, 1.82) is 0 Å². The van der Waals surface area contributed by atoms with E-state index in [-0.39, 0.29) is 0 Å². The van der Waals surface area contributed by atoms with Gasteiger partial charge in [0.2, 0.25) is 0 Å². The third-order valence-corrected chi connectivity index (χ3v) is 5.52. The molecule has 1 aliphatic carbocycles. The fraction of sp³-hybridized carbons (Fsp3) is 0.474. The van der Waals surface area contributed by atoms with Crippen LogP contribution in [0.3, 0.4) is 0 Å². The van der Waals surface area contributed by atoms with Crippen LogP contribution in [-0.4, -0.2) is 17.3 Å². The van der Waals surface area contributed by atoms with E-state index in [4.69, 9.17) is 0 Å². The molecule has 2 heteroatoms. The first kappa shape index (κ1) is 13.3. The van der Waals surface area contributed by atoms with Crippen LogP contribution in [0.5, 0.6) is 0 Å². The van der Waals surface area contributed by atoms with Gasteiger partial charge in [-0.3, -0.25) is 0 Å². The number of aliphatic hydroxyl groups is 1. The normalized spacial score (nSPS) is 32.8. The molecule has 1 aliphatic heterocycles. The summed E-state index contributed by atoms with van der Waals surface area (Å²) in [4.78, 5) is 0. The Bertz CT molecular complexity index is 649. The lowest BCUT2D eigenvalue weighted by Crippen LogP contribution is -2.53. The summed E-state index contributed by atoms with van der Waals surface area (Å²) in [6, 6.07) is 15.6. The van der Waals surface area contributed by atoms with Crippen molar-refractivity contribution < 1.29 is 5.11 Å². The van der Waals surface area contributed by atoms with E-state index >= 15 is 0 Å². The van der Waals surface area contributed by atoms with Crippen molar-refractivity contribution in [1.82, 2.24) is 5.32 Å². The standard InChI is InChI=1S/C19H23NO/c21-19-10-4-3-7-17(19)18(20-12-11-19)16-9-8-14-5-1-2-6-15(14)13-16/h1-2,5-6,8-9,13,17-18,20-21H,3-4,7,10-12H2. The van der Waals surface area contributed by atoms with Gasteiger partial charge in [0.1, 0.15) is 0 Å². The Labute approximate surface area is 126 Å². The zero-order valence-electron chi connectivity index (χ0n) is 12.4. The number of hydrogen-bond donors (Lipinski definition) is 2. The summed E-state index contributed by atoms with van der Waals surface area (Å²) < 4.78 is 0. The highest BCUT2D eigenvalue weighted by Gasteiger charge is 2.45. The minimum atomic E-state index is -0.445. The maximum Gasteiger partial charge on any atom is 0.0706 e. The molecule has 1 saturated heterocycles. The van der Waals surface area contributed by atoms with E-state index in [2.05, 4.69) is 47.8 Å². The second kappa shape index (κ2) is 5.11. The molecule has 2 aromatic rings. The molecule has 2 aromatic carbocycles. The molecule has 4 rings (SSSR count). The lowest BCUT2D eigenvalue weighted by atomic mass is 9.67. The van der Waals surface area contributed by atoms with Gasteiger partial charge in [0.25, 0.3) is 0 Å². The summed E-state index contributed by atoms with van der Waals surface area (Å²) in [6.45, 7) is 0.921.